The molecule has 0 bridgehead atoms. The molecular weight excluding hydrogens is 400 g/mol. The van der Waals surface area contributed by atoms with Gasteiger partial charge in [-0.05, 0) is 50.9 Å². The van der Waals surface area contributed by atoms with Crippen molar-refractivity contribution in [1.82, 2.24) is 20.1 Å². The summed E-state index contributed by atoms with van der Waals surface area (Å²) in [7, 11) is 3.77. The van der Waals surface area contributed by atoms with Gasteiger partial charge in [0.15, 0.2) is 0 Å². The average Bonchev–Trinajstić information content (AvgIpc) is 2.99. The van der Waals surface area contributed by atoms with Gasteiger partial charge in [-0.2, -0.15) is 0 Å². The van der Waals surface area contributed by atoms with Crippen molar-refractivity contribution >= 4 is 18.3 Å². The molecule has 0 aromatic carbocycles. The predicted octanol–water partition coefficient (Wildman–Crippen LogP) is 0.789. The fourth-order valence-electron chi connectivity index (χ4n) is 4.25. The largest absolute Gasteiger partial charge is 0.483 e. The smallest absolute Gasteiger partial charge is 0.290 e. The van der Waals surface area contributed by atoms with Crippen molar-refractivity contribution in [2.45, 2.75) is 44.2 Å². The molecule has 9 heteroatoms. The standard InChI is InChI=1S/C21H32N4O3.CH2O2/c1-24-9-4-10-25(12-11-24)21(27)17-6-7-18(19(14-17)28-2)23-20(26)13-16-5-3-8-22-15-16;2-1-3/h3,5,8,15,17-19H,4,6-7,9-14H2,1-2H3,(H,23,26);1H,(H,2,3)/t17-,18-,19-;/m0./s1. The molecule has 1 aliphatic heterocycles. The van der Waals surface area contributed by atoms with E-state index in [1.807, 2.05) is 17.0 Å². The number of hydrogen-bond donors (Lipinski definition) is 2. The van der Waals surface area contributed by atoms with Crippen LogP contribution in [0.25, 0.3) is 0 Å². The molecule has 2 heterocycles. The number of likely N-dealkylation sites (N-methyl/N-ethyl adjacent to an activating group) is 1. The van der Waals surface area contributed by atoms with Gasteiger partial charge in [-0.25, -0.2) is 0 Å². The molecule has 2 aliphatic rings. The van der Waals surface area contributed by atoms with E-state index in [4.69, 9.17) is 14.6 Å². The zero-order valence-corrected chi connectivity index (χ0v) is 18.4. The van der Waals surface area contributed by atoms with Gasteiger partial charge in [0, 0.05) is 45.1 Å². The Balaban J connectivity index is 0.00000107. The van der Waals surface area contributed by atoms with Crippen molar-refractivity contribution in [3.05, 3.63) is 30.1 Å². The van der Waals surface area contributed by atoms with Crippen LogP contribution in [0.3, 0.4) is 0 Å². The summed E-state index contributed by atoms with van der Waals surface area (Å²) >= 11 is 0. The van der Waals surface area contributed by atoms with E-state index in [1.54, 1.807) is 19.5 Å². The van der Waals surface area contributed by atoms with E-state index >= 15 is 0 Å². The first-order valence-electron chi connectivity index (χ1n) is 10.7. The zero-order chi connectivity index (χ0) is 22.6. The highest BCUT2D eigenvalue weighted by Gasteiger charge is 2.36. The second kappa shape index (κ2) is 13.0. The Morgan fingerprint density at radius 2 is 2.06 bits per heavy atom. The van der Waals surface area contributed by atoms with E-state index in [9.17, 15) is 9.59 Å². The van der Waals surface area contributed by atoms with Gasteiger partial charge < -0.3 is 25.0 Å². The van der Waals surface area contributed by atoms with E-state index in [2.05, 4.69) is 22.2 Å². The number of methoxy groups -OCH3 is 1. The van der Waals surface area contributed by atoms with Gasteiger partial charge in [-0.3, -0.25) is 19.4 Å². The quantitative estimate of drug-likeness (QED) is 0.659. The number of carbonyl (C=O) groups is 3. The summed E-state index contributed by atoms with van der Waals surface area (Å²) < 4.78 is 5.66. The van der Waals surface area contributed by atoms with Gasteiger partial charge in [-0.15, -0.1) is 0 Å². The molecule has 2 N–H and O–H groups in total. The molecule has 1 aliphatic carbocycles. The molecule has 1 aromatic rings. The number of carboxylic acid groups (broad SMARTS) is 1. The first kappa shape index (κ1) is 24.7. The summed E-state index contributed by atoms with van der Waals surface area (Å²) in [5.41, 5.74) is 0.893. The Labute approximate surface area is 183 Å². The van der Waals surface area contributed by atoms with Crippen molar-refractivity contribution in [2.75, 3.05) is 40.3 Å². The Hall–Kier alpha value is -2.52. The SMILES string of the molecule is CO[C@H]1C[C@@H](C(=O)N2CCCN(C)CC2)CC[C@@H]1NC(=O)Cc1cccnc1.O=CO. The lowest BCUT2D eigenvalue weighted by Gasteiger charge is -2.37. The molecule has 9 nitrogen and oxygen atoms in total. The summed E-state index contributed by atoms with van der Waals surface area (Å²) in [4.78, 5) is 42.1. The van der Waals surface area contributed by atoms with Crippen molar-refractivity contribution < 1.29 is 24.2 Å². The van der Waals surface area contributed by atoms with Crippen LogP contribution in [0, 0.1) is 5.92 Å². The van der Waals surface area contributed by atoms with E-state index in [0.29, 0.717) is 12.8 Å². The van der Waals surface area contributed by atoms with Crippen LogP contribution in [0.15, 0.2) is 24.5 Å². The van der Waals surface area contributed by atoms with Gasteiger partial charge in [0.05, 0.1) is 18.6 Å². The first-order valence-corrected chi connectivity index (χ1v) is 10.7. The molecule has 3 atom stereocenters. The Morgan fingerprint density at radius 3 is 2.74 bits per heavy atom. The lowest BCUT2D eigenvalue weighted by molar-refractivity contribution is -0.138. The van der Waals surface area contributed by atoms with Crippen LogP contribution in [0.5, 0.6) is 0 Å². The maximum absolute atomic E-state index is 13.0. The normalized spacial score (nSPS) is 24.3. The Bertz CT molecular complexity index is 702. The fourth-order valence-corrected chi connectivity index (χ4v) is 4.25. The summed E-state index contributed by atoms with van der Waals surface area (Å²) in [5.74, 6) is 0.206. The molecule has 1 aromatic heterocycles. The first-order chi connectivity index (χ1) is 15.0. The molecule has 1 saturated heterocycles. The molecule has 0 unspecified atom stereocenters. The van der Waals surface area contributed by atoms with Gasteiger partial charge in [-0.1, -0.05) is 6.07 Å². The number of pyridine rings is 1. The van der Waals surface area contributed by atoms with E-state index in [-0.39, 0.29) is 36.4 Å². The van der Waals surface area contributed by atoms with E-state index in [0.717, 1.165) is 51.0 Å². The molecular formula is C22H34N4O5. The van der Waals surface area contributed by atoms with Crippen LogP contribution in [0.2, 0.25) is 0 Å². The molecule has 2 fully saturated rings. The summed E-state index contributed by atoms with van der Waals surface area (Å²) in [5, 5.41) is 9.99. The van der Waals surface area contributed by atoms with Crippen molar-refractivity contribution in [3.63, 3.8) is 0 Å². The summed E-state index contributed by atoms with van der Waals surface area (Å²) in [6.45, 7) is 3.36. The highest BCUT2D eigenvalue weighted by Crippen LogP contribution is 2.28. The lowest BCUT2D eigenvalue weighted by Crippen LogP contribution is -2.50. The molecule has 1 saturated carbocycles. The van der Waals surface area contributed by atoms with Crippen LogP contribution in [-0.4, -0.2) is 90.7 Å². The minimum atomic E-state index is -0.250. The molecule has 31 heavy (non-hydrogen) atoms. The predicted molar refractivity (Wildman–Crippen MR) is 115 cm³/mol. The van der Waals surface area contributed by atoms with Crippen LogP contribution >= 0.6 is 0 Å². The van der Waals surface area contributed by atoms with Crippen LogP contribution < -0.4 is 5.32 Å². The van der Waals surface area contributed by atoms with Gasteiger partial charge >= 0.3 is 0 Å². The maximum Gasteiger partial charge on any atom is 0.290 e. The third-order valence-corrected chi connectivity index (χ3v) is 5.91. The van der Waals surface area contributed by atoms with Gasteiger partial charge in [0.25, 0.3) is 6.47 Å². The van der Waals surface area contributed by atoms with Crippen LogP contribution in [0.1, 0.15) is 31.2 Å². The summed E-state index contributed by atoms with van der Waals surface area (Å²) in [6.07, 6.45) is 6.84. The van der Waals surface area contributed by atoms with Crippen LogP contribution in [-0.2, 0) is 25.5 Å². The molecule has 3 rings (SSSR count). The number of hydrogen-bond acceptors (Lipinski definition) is 6. The van der Waals surface area contributed by atoms with Crippen molar-refractivity contribution in [3.8, 4) is 0 Å². The van der Waals surface area contributed by atoms with E-state index < -0.39 is 0 Å². The zero-order valence-electron chi connectivity index (χ0n) is 18.4. The molecule has 172 valence electrons. The number of aromatic nitrogens is 1. The third kappa shape index (κ3) is 7.91. The number of rotatable bonds is 5. The molecule has 0 spiro atoms. The second-order valence-electron chi connectivity index (χ2n) is 8.08. The minimum Gasteiger partial charge on any atom is -0.483 e. The van der Waals surface area contributed by atoms with Gasteiger partial charge in [0.2, 0.25) is 11.8 Å². The third-order valence-electron chi connectivity index (χ3n) is 5.91. The number of amides is 2. The maximum atomic E-state index is 13.0. The molecule has 2 amide bonds. The number of nitrogens with one attached hydrogen (secondary N) is 1. The monoisotopic (exact) mass is 434 g/mol. The van der Waals surface area contributed by atoms with Gasteiger partial charge in [0.1, 0.15) is 0 Å². The van der Waals surface area contributed by atoms with Crippen molar-refractivity contribution in [2.24, 2.45) is 5.92 Å². The topological polar surface area (TPSA) is 112 Å². The molecule has 0 radical (unpaired) electrons. The minimum absolute atomic E-state index is 0.0140. The Kier molecular flexibility index (Phi) is 10.4. The average molecular weight is 435 g/mol. The fraction of sp³-hybridized carbons (Fsp3) is 0.636. The van der Waals surface area contributed by atoms with Crippen LogP contribution in [0.4, 0.5) is 0 Å². The highest BCUT2D eigenvalue weighted by atomic mass is 16.5. The number of nitrogens with zero attached hydrogens (tertiary/aromatic N) is 3. The summed E-state index contributed by atoms with van der Waals surface area (Å²) in [6, 6.07) is 3.68. The van der Waals surface area contributed by atoms with Crippen molar-refractivity contribution in [1.29, 1.82) is 0 Å². The lowest BCUT2D eigenvalue weighted by atomic mass is 9.82. The second-order valence-corrected chi connectivity index (χ2v) is 8.08. The highest BCUT2D eigenvalue weighted by molar-refractivity contribution is 5.80. The van der Waals surface area contributed by atoms with E-state index in [1.165, 1.54) is 0 Å². The number of carbonyl (C=O) groups excluding carboxylic acids is 2. The number of ether oxygens (including phenoxy) is 1. The Morgan fingerprint density at radius 1 is 1.29 bits per heavy atom.